The first-order valence-corrected chi connectivity index (χ1v) is 11.4. The largest absolute Gasteiger partial charge is 0.0622 e. The summed E-state index contributed by atoms with van der Waals surface area (Å²) in [5, 5.41) is 2.54. The smallest absolute Gasteiger partial charge is 0.0192 e. The van der Waals surface area contributed by atoms with E-state index in [0.717, 1.165) is 8.95 Å². The van der Waals surface area contributed by atoms with Crippen LogP contribution in [0.25, 0.3) is 44.2 Å². The molecule has 0 fully saturated rings. The highest BCUT2D eigenvalue weighted by Gasteiger charge is 2.10. The lowest BCUT2D eigenvalue weighted by atomic mass is 9.91. The molecule has 2 heteroatoms. The molecule has 0 bridgehead atoms. The van der Waals surface area contributed by atoms with Gasteiger partial charge in [0.05, 0.1) is 0 Å². The molecule has 0 unspecified atom stereocenters. The molecule has 0 amide bonds. The molecule has 0 saturated heterocycles. The van der Waals surface area contributed by atoms with E-state index in [1.165, 1.54) is 44.2 Å². The van der Waals surface area contributed by atoms with Crippen LogP contribution in [0.15, 0.2) is 118 Å². The number of halogens is 2. The molecule has 0 aliphatic carbocycles. The van der Waals surface area contributed by atoms with Gasteiger partial charge in [0.2, 0.25) is 0 Å². The zero-order chi connectivity index (χ0) is 20.5. The Labute approximate surface area is 193 Å². The molecule has 0 spiro atoms. The number of hydrogen-bond acceptors (Lipinski definition) is 0. The van der Waals surface area contributed by atoms with E-state index in [1.807, 2.05) is 0 Å². The maximum absolute atomic E-state index is 3.61. The van der Waals surface area contributed by atoms with Crippen molar-refractivity contribution in [3.05, 3.63) is 118 Å². The third-order valence-electron chi connectivity index (χ3n) is 5.38. The molecule has 30 heavy (non-hydrogen) atoms. The van der Waals surface area contributed by atoms with Crippen molar-refractivity contribution in [1.29, 1.82) is 0 Å². The van der Waals surface area contributed by atoms with Crippen molar-refractivity contribution in [2.75, 3.05) is 0 Å². The monoisotopic (exact) mass is 512 g/mol. The molecule has 0 atom stereocenters. The molecule has 5 aromatic rings. The molecule has 0 nitrogen and oxygen atoms in total. The Kier molecular flexibility index (Phi) is 5.28. The molecule has 0 aliphatic rings. The van der Waals surface area contributed by atoms with Crippen molar-refractivity contribution in [1.82, 2.24) is 0 Å². The summed E-state index contributed by atoms with van der Waals surface area (Å²) in [7, 11) is 0. The fraction of sp³-hybridized carbons (Fsp3) is 0. The Balaban J connectivity index is 1.68. The third kappa shape index (κ3) is 3.74. The van der Waals surface area contributed by atoms with E-state index in [1.54, 1.807) is 0 Å². The van der Waals surface area contributed by atoms with Gasteiger partial charge in [0.1, 0.15) is 0 Å². The lowest BCUT2D eigenvalue weighted by molar-refractivity contribution is 1.55. The lowest BCUT2D eigenvalue weighted by Gasteiger charge is -2.13. The van der Waals surface area contributed by atoms with Crippen LogP contribution in [0.5, 0.6) is 0 Å². The Morgan fingerprint density at radius 3 is 1.57 bits per heavy atom. The van der Waals surface area contributed by atoms with Gasteiger partial charge in [-0.05, 0) is 68.4 Å². The molecule has 5 aromatic carbocycles. The number of hydrogen-bond donors (Lipinski definition) is 0. The van der Waals surface area contributed by atoms with E-state index in [-0.39, 0.29) is 0 Å². The topological polar surface area (TPSA) is 0 Å². The fourth-order valence-electron chi connectivity index (χ4n) is 4.01. The standard InChI is InChI=1S/C28H18Br2/c29-23-16-22(17-24(30)18-23)20-9-6-10-21(15-20)26-14-13-25(19-7-2-1-3-8-19)27-11-4-5-12-28(26)27/h1-18H. The van der Waals surface area contributed by atoms with E-state index < -0.39 is 0 Å². The molecule has 0 saturated carbocycles. The molecule has 0 aromatic heterocycles. The second-order valence-corrected chi connectivity index (χ2v) is 9.14. The highest BCUT2D eigenvalue weighted by molar-refractivity contribution is 9.11. The van der Waals surface area contributed by atoms with Crippen LogP contribution in [-0.4, -0.2) is 0 Å². The van der Waals surface area contributed by atoms with Crippen molar-refractivity contribution < 1.29 is 0 Å². The number of benzene rings is 5. The quantitative estimate of drug-likeness (QED) is 0.225. The zero-order valence-electron chi connectivity index (χ0n) is 16.1. The summed E-state index contributed by atoms with van der Waals surface area (Å²) < 4.78 is 2.13. The minimum Gasteiger partial charge on any atom is -0.0622 e. The normalized spacial score (nSPS) is 11.0. The van der Waals surface area contributed by atoms with Crippen molar-refractivity contribution in [3.8, 4) is 33.4 Å². The highest BCUT2D eigenvalue weighted by atomic mass is 79.9. The first kappa shape index (κ1) is 19.3. The maximum Gasteiger partial charge on any atom is 0.0192 e. The second kappa shape index (κ2) is 8.22. The molecule has 0 heterocycles. The van der Waals surface area contributed by atoms with Crippen LogP contribution in [0.2, 0.25) is 0 Å². The molecule has 5 rings (SSSR count). The maximum atomic E-state index is 3.61. The summed E-state index contributed by atoms with van der Waals surface area (Å²) in [5.41, 5.74) is 7.37. The first-order chi connectivity index (χ1) is 14.7. The van der Waals surface area contributed by atoms with Gasteiger partial charge in [0.15, 0.2) is 0 Å². The Bertz CT molecular complexity index is 1330. The van der Waals surface area contributed by atoms with Gasteiger partial charge in [-0.2, -0.15) is 0 Å². The Morgan fingerprint density at radius 2 is 0.900 bits per heavy atom. The molecule has 144 valence electrons. The van der Waals surface area contributed by atoms with E-state index in [4.69, 9.17) is 0 Å². The number of fused-ring (bicyclic) bond motifs is 1. The van der Waals surface area contributed by atoms with Gasteiger partial charge in [-0.1, -0.05) is 117 Å². The van der Waals surface area contributed by atoms with Crippen LogP contribution in [0.1, 0.15) is 0 Å². The van der Waals surface area contributed by atoms with Gasteiger partial charge in [-0.25, -0.2) is 0 Å². The lowest BCUT2D eigenvalue weighted by Crippen LogP contribution is -1.87. The van der Waals surface area contributed by atoms with Crippen LogP contribution in [-0.2, 0) is 0 Å². The van der Waals surface area contributed by atoms with Crippen LogP contribution in [0.4, 0.5) is 0 Å². The average Bonchev–Trinajstić information content (AvgIpc) is 2.78. The highest BCUT2D eigenvalue weighted by Crippen LogP contribution is 2.37. The van der Waals surface area contributed by atoms with Gasteiger partial charge in [-0.15, -0.1) is 0 Å². The first-order valence-electron chi connectivity index (χ1n) is 9.83. The SMILES string of the molecule is Brc1cc(Br)cc(-c2cccc(-c3ccc(-c4ccccc4)c4ccccc34)c2)c1. The average molecular weight is 514 g/mol. The van der Waals surface area contributed by atoms with E-state index in [0.29, 0.717) is 0 Å². The van der Waals surface area contributed by atoms with Crippen molar-refractivity contribution in [2.24, 2.45) is 0 Å². The summed E-state index contributed by atoms with van der Waals surface area (Å²) in [6.07, 6.45) is 0. The van der Waals surface area contributed by atoms with Crippen LogP contribution < -0.4 is 0 Å². The van der Waals surface area contributed by atoms with Crippen LogP contribution in [0, 0.1) is 0 Å². The summed E-state index contributed by atoms with van der Waals surface area (Å²) in [6, 6.07) is 38.9. The summed E-state index contributed by atoms with van der Waals surface area (Å²) in [4.78, 5) is 0. The predicted molar refractivity (Wildman–Crippen MR) is 136 cm³/mol. The van der Waals surface area contributed by atoms with Crippen molar-refractivity contribution in [3.63, 3.8) is 0 Å². The molecular weight excluding hydrogens is 496 g/mol. The van der Waals surface area contributed by atoms with Gasteiger partial charge < -0.3 is 0 Å². The number of rotatable bonds is 3. The van der Waals surface area contributed by atoms with Gasteiger partial charge in [0.25, 0.3) is 0 Å². The second-order valence-electron chi connectivity index (χ2n) is 7.31. The van der Waals surface area contributed by atoms with E-state index >= 15 is 0 Å². The molecule has 0 radical (unpaired) electrons. The third-order valence-corrected chi connectivity index (χ3v) is 6.29. The van der Waals surface area contributed by atoms with Crippen molar-refractivity contribution in [2.45, 2.75) is 0 Å². The van der Waals surface area contributed by atoms with E-state index in [2.05, 4.69) is 141 Å². The summed E-state index contributed by atoms with van der Waals surface area (Å²) in [6.45, 7) is 0. The molecule has 0 N–H and O–H groups in total. The van der Waals surface area contributed by atoms with E-state index in [9.17, 15) is 0 Å². The molecule has 0 aliphatic heterocycles. The Morgan fingerprint density at radius 1 is 0.367 bits per heavy atom. The summed E-state index contributed by atoms with van der Waals surface area (Å²) in [5.74, 6) is 0. The van der Waals surface area contributed by atoms with Crippen LogP contribution >= 0.6 is 31.9 Å². The summed E-state index contributed by atoms with van der Waals surface area (Å²) >= 11 is 7.21. The molecular formula is C28H18Br2. The fourth-order valence-corrected chi connectivity index (χ4v) is 5.30. The predicted octanol–water partition coefficient (Wildman–Crippen LogP) is 9.37. The minimum absolute atomic E-state index is 1.06. The van der Waals surface area contributed by atoms with Crippen LogP contribution in [0.3, 0.4) is 0 Å². The van der Waals surface area contributed by atoms with Gasteiger partial charge >= 0.3 is 0 Å². The van der Waals surface area contributed by atoms with Gasteiger partial charge in [-0.3, -0.25) is 0 Å². The minimum atomic E-state index is 1.06. The van der Waals surface area contributed by atoms with Gasteiger partial charge in [0, 0.05) is 8.95 Å². The zero-order valence-corrected chi connectivity index (χ0v) is 19.3. The Hall–Kier alpha value is -2.68. The van der Waals surface area contributed by atoms with Crippen molar-refractivity contribution >= 4 is 42.6 Å².